The van der Waals surface area contributed by atoms with Gasteiger partial charge in [-0.25, -0.2) is 0 Å². The summed E-state index contributed by atoms with van der Waals surface area (Å²) in [6, 6.07) is 5.39. The van der Waals surface area contributed by atoms with Crippen LogP contribution in [0.2, 0.25) is 0 Å². The van der Waals surface area contributed by atoms with E-state index >= 15 is 0 Å². The number of hydrogen-bond acceptors (Lipinski definition) is 7. The Hall–Kier alpha value is -2.22. The first-order valence-electron chi connectivity index (χ1n) is 6.01. The molecule has 0 aliphatic rings. The second-order valence-corrected chi connectivity index (χ2v) is 5.04. The Labute approximate surface area is 125 Å². The minimum atomic E-state index is -1.14. The van der Waals surface area contributed by atoms with Gasteiger partial charge in [0.2, 0.25) is 0 Å². The minimum Gasteiger partial charge on any atom is -0.549 e. The Kier molecular flexibility index (Phi) is 4.69. The Balaban J connectivity index is 2.32. The van der Waals surface area contributed by atoms with Crippen LogP contribution in [-0.2, 0) is 11.8 Å². The lowest BCUT2D eigenvalue weighted by Crippen LogP contribution is -2.24. The molecule has 2 rings (SSSR count). The number of benzene rings is 1. The van der Waals surface area contributed by atoms with Gasteiger partial charge in [0.1, 0.15) is 0 Å². The molecule has 1 aromatic carbocycles. The average molecular weight is 308 g/mol. The first kappa shape index (κ1) is 15.2. The predicted molar refractivity (Wildman–Crippen MR) is 75.3 cm³/mol. The second kappa shape index (κ2) is 6.49. The fraction of sp³-hybridized carbons (Fsp3) is 0.308. The number of carbonyl (C=O) groups is 1. The normalized spacial score (nSPS) is 10.4. The highest BCUT2D eigenvalue weighted by molar-refractivity contribution is 7.99. The summed E-state index contributed by atoms with van der Waals surface area (Å²) in [5.74, 6) is 0.502. The lowest BCUT2D eigenvalue weighted by molar-refractivity contribution is -0.301. The van der Waals surface area contributed by atoms with E-state index in [1.807, 2.05) is 6.07 Å². The zero-order chi connectivity index (χ0) is 15.4. The van der Waals surface area contributed by atoms with Gasteiger partial charge in [0, 0.05) is 18.4 Å². The summed E-state index contributed by atoms with van der Waals surface area (Å²) in [7, 11) is 4.89. The van der Waals surface area contributed by atoms with Crippen molar-refractivity contribution in [1.82, 2.24) is 14.8 Å². The molecule has 0 radical (unpaired) electrons. The molecule has 0 amide bonds. The van der Waals surface area contributed by atoms with Crippen LogP contribution in [0.15, 0.2) is 23.4 Å². The second-order valence-electron chi connectivity index (χ2n) is 4.10. The summed E-state index contributed by atoms with van der Waals surface area (Å²) < 4.78 is 12.2. The molecule has 7 nitrogen and oxygen atoms in total. The molecule has 0 unspecified atom stereocenters. The van der Waals surface area contributed by atoms with Crippen LogP contribution in [0.5, 0.6) is 11.5 Å². The van der Waals surface area contributed by atoms with Crippen LogP contribution in [0.4, 0.5) is 0 Å². The van der Waals surface area contributed by atoms with Crippen molar-refractivity contribution in [2.24, 2.45) is 7.05 Å². The molecule has 0 aliphatic carbocycles. The third kappa shape index (κ3) is 3.27. The molecule has 0 saturated heterocycles. The van der Waals surface area contributed by atoms with Crippen molar-refractivity contribution in [3.63, 3.8) is 0 Å². The molecule has 0 bridgehead atoms. The molecule has 0 saturated carbocycles. The van der Waals surface area contributed by atoms with Gasteiger partial charge < -0.3 is 23.9 Å². The van der Waals surface area contributed by atoms with Gasteiger partial charge in [0.15, 0.2) is 22.5 Å². The van der Waals surface area contributed by atoms with Crippen LogP contribution in [0.1, 0.15) is 0 Å². The van der Waals surface area contributed by atoms with Gasteiger partial charge in [-0.2, -0.15) is 0 Å². The van der Waals surface area contributed by atoms with E-state index in [-0.39, 0.29) is 5.75 Å². The summed E-state index contributed by atoms with van der Waals surface area (Å²) in [5, 5.41) is 19.1. The van der Waals surface area contributed by atoms with Crippen molar-refractivity contribution >= 4 is 17.7 Å². The summed E-state index contributed by atoms with van der Waals surface area (Å²) in [5.41, 5.74) is 0.794. The van der Waals surface area contributed by atoms with E-state index in [0.29, 0.717) is 22.5 Å². The third-order valence-electron chi connectivity index (χ3n) is 2.80. The van der Waals surface area contributed by atoms with Crippen LogP contribution in [0.25, 0.3) is 11.4 Å². The topological polar surface area (TPSA) is 89.3 Å². The standard InChI is InChI=1S/C13H15N3O4S/c1-16-12(14-15-13(16)21-7-11(17)18)8-4-5-9(19-2)10(6-8)20-3/h4-6H,7H2,1-3H3,(H,17,18)/p-1. The zero-order valence-corrected chi connectivity index (χ0v) is 12.6. The summed E-state index contributed by atoms with van der Waals surface area (Å²) >= 11 is 1.06. The van der Waals surface area contributed by atoms with Gasteiger partial charge >= 0.3 is 0 Å². The SMILES string of the molecule is COc1ccc(-c2nnc(SCC(=O)[O-])n2C)cc1OC. The molecule has 0 N–H and O–H groups in total. The maximum Gasteiger partial charge on any atom is 0.191 e. The monoisotopic (exact) mass is 308 g/mol. The Morgan fingerprint density at radius 2 is 2.00 bits per heavy atom. The van der Waals surface area contributed by atoms with Gasteiger partial charge in [-0.3, -0.25) is 0 Å². The smallest absolute Gasteiger partial charge is 0.191 e. The predicted octanol–water partition coefficient (Wildman–Crippen LogP) is 0.341. The Morgan fingerprint density at radius 3 is 2.62 bits per heavy atom. The van der Waals surface area contributed by atoms with Crippen LogP contribution >= 0.6 is 11.8 Å². The van der Waals surface area contributed by atoms with Crippen LogP contribution in [0, 0.1) is 0 Å². The first-order valence-corrected chi connectivity index (χ1v) is 6.99. The first-order chi connectivity index (χ1) is 10.1. The highest BCUT2D eigenvalue weighted by Crippen LogP contribution is 2.32. The largest absolute Gasteiger partial charge is 0.549 e. The number of carbonyl (C=O) groups excluding carboxylic acids is 1. The quantitative estimate of drug-likeness (QED) is 0.711. The number of hydrogen-bond donors (Lipinski definition) is 0. The number of rotatable bonds is 6. The number of carboxylic acids is 1. The maximum absolute atomic E-state index is 10.5. The van der Waals surface area contributed by atoms with Crippen molar-refractivity contribution in [1.29, 1.82) is 0 Å². The third-order valence-corrected chi connectivity index (χ3v) is 3.79. The molecule has 21 heavy (non-hydrogen) atoms. The fourth-order valence-corrected chi connectivity index (χ4v) is 2.42. The van der Waals surface area contributed by atoms with E-state index in [0.717, 1.165) is 17.3 Å². The molecule has 112 valence electrons. The van der Waals surface area contributed by atoms with E-state index in [2.05, 4.69) is 10.2 Å². The number of ether oxygens (including phenoxy) is 2. The van der Waals surface area contributed by atoms with Crippen molar-refractivity contribution in [2.75, 3.05) is 20.0 Å². The summed E-state index contributed by atoms with van der Waals surface area (Å²) in [6.07, 6.45) is 0. The number of aromatic nitrogens is 3. The van der Waals surface area contributed by atoms with Gasteiger partial charge in [0.25, 0.3) is 0 Å². The van der Waals surface area contributed by atoms with Crippen molar-refractivity contribution < 1.29 is 19.4 Å². The molecule has 2 aromatic rings. The molecule has 8 heteroatoms. The molecular weight excluding hydrogens is 294 g/mol. The van der Waals surface area contributed by atoms with Gasteiger partial charge in [-0.1, -0.05) is 11.8 Å². The highest BCUT2D eigenvalue weighted by atomic mass is 32.2. The number of aliphatic carboxylic acids is 1. The fourth-order valence-electron chi connectivity index (χ4n) is 1.79. The van der Waals surface area contributed by atoms with Crippen molar-refractivity contribution in [2.45, 2.75) is 5.16 Å². The lowest BCUT2D eigenvalue weighted by Gasteiger charge is -2.09. The highest BCUT2D eigenvalue weighted by Gasteiger charge is 2.13. The lowest BCUT2D eigenvalue weighted by atomic mass is 10.2. The summed E-state index contributed by atoms with van der Waals surface area (Å²) in [6.45, 7) is 0. The molecule has 0 aliphatic heterocycles. The van der Waals surface area contributed by atoms with Crippen LogP contribution in [0.3, 0.4) is 0 Å². The van der Waals surface area contributed by atoms with Gasteiger partial charge in [-0.15, -0.1) is 10.2 Å². The maximum atomic E-state index is 10.5. The number of thioether (sulfide) groups is 1. The number of methoxy groups -OCH3 is 2. The van der Waals surface area contributed by atoms with Crippen molar-refractivity contribution in [3.8, 4) is 22.9 Å². The zero-order valence-electron chi connectivity index (χ0n) is 11.8. The summed E-state index contributed by atoms with van der Waals surface area (Å²) in [4.78, 5) is 10.5. The van der Waals surface area contributed by atoms with Crippen molar-refractivity contribution in [3.05, 3.63) is 18.2 Å². The van der Waals surface area contributed by atoms with Gasteiger partial charge in [-0.05, 0) is 18.2 Å². The molecule has 0 fully saturated rings. The minimum absolute atomic E-state index is 0.169. The van der Waals surface area contributed by atoms with Crippen LogP contribution in [-0.4, -0.2) is 40.7 Å². The molecule has 1 aromatic heterocycles. The van der Waals surface area contributed by atoms with E-state index in [9.17, 15) is 9.90 Å². The van der Waals surface area contributed by atoms with E-state index in [1.165, 1.54) is 0 Å². The molecule has 1 heterocycles. The van der Waals surface area contributed by atoms with E-state index in [4.69, 9.17) is 9.47 Å². The van der Waals surface area contributed by atoms with Crippen LogP contribution < -0.4 is 14.6 Å². The molecular formula is C13H14N3O4S-. The average Bonchev–Trinajstić information content (AvgIpc) is 2.85. The van der Waals surface area contributed by atoms with E-state index < -0.39 is 5.97 Å². The van der Waals surface area contributed by atoms with E-state index in [1.54, 1.807) is 38.0 Å². The number of nitrogens with zero attached hydrogens (tertiary/aromatic N) is 3. The molecule has 0 spiro atoms. The Morgan fingerprint density at radius 1 is 1.29 bits per heavy atom. The Bertz CT molecular complexity index is 657. The van der Waals surface area contributed by atoms with Gasteiger partial charge in [0.05, 0.1) is 20.2 Å². The number of carboxylic acid groups (broad SMARTS) is 1. The molecule has 0 atom stereocenters.